The minimum absolute atomic E-state index is 0.0361. The van der Waals surface area contributed by atoms with Crippen molar-refractivity contribution < 1.29 is 28.1 Å². The Kier molecular flexibility index (Phi) is 6.06. The van der Waals surface area contributed by atoms with Crippen molar-refractivity contribution in [3.63, 3.8) is 0 Å². The van der Waals surface area contributed by atoms with Gasteiger partial charge in [0.05, 0.1) is 36.3 Å². The predicted octanol–water partition coefficient (Wildman–Crippen LogP) is 1.71. The van der Waals surface area contributed by atoms with Crippen molar-refractivity contribution in [2.75, 3.05) is 0 Å². The fourth-order valence-electron chi connectivity index (χ4n) is 3.95. The van der Waals surface area contributed by atoms with Crippen LogP contribution in [0.4, 0.5) is 8.78 Å². The Hall–Kier alpha value is -3.48. The molecule has 1 saturated carbocycles. The molecule has 1 atom stereocenters. The molecule has 2 amide bonds. The standard InChI is InChI=1S/C21H25F2N7O4/c1-11-17(29-34-28-11)19(32)24-9-14-10-30-15(26-14)5-13(8-25-30)18(20(2,3)33)27-16(31)4-12-6-21(22,23)7-12/h5,8,10,12,18,33H,4,6-7,9H2,1-3H3,(H,24,32)(H,27,31). The molecule has 0 bridgehead atoms. The van der Waals surface area contributed by atoms with Crippen LogP contribution in [0.1, 0.15) is 66.6 Å². The number of alkyl halides is 2. The van der Waals surface area contributed by atoms with Gasteiger partial charge in [0, 0.05) is 24.8 Å². The Bertz CT molecular complexity index is 1210. The molecule has 0 aliphatic heterocycles. The first-order valence-electron chi connectivity index (χ1n) is 10.7. The Morgan fingerprint density at radius 2 is 2.09 bits per heavy atom. The molecule has 1 aliphatic rings. The third-order valence-electron chi connectivity index (χ3n) is 5.68. The van der Waals surface area contributed by atoms with Crippen LogP contribution >= 0.6 is 0 Å². The molecular formula is C21H25F2N7O4. The number of nitrogens with one attached hydrogen (secondary N) is 2. The average molecular weight is 477 g/mol. The van der Waals surface area contributed by atoms with Gasteiger partial charge in [0.15, 0.2) is 11.3 Å². The molecule has 3 aromatic heterocycles. The van der Waals surface area contributed by atoms with E-state index in [2.05, 4.69) is 35.7 Å². The number of fused-ring (bicyclic) bond motifs is 1. The molecule has 0 spiro atoms. The fourth-order valence-corrected chi connectivity index (χ4v) is 3.95. The number of imidazole rings is 1. The number of hydrogen-bond donors (Lipinski definition) is 3. The van der Waals surface area contributed by atoms with Crippen LogP contribution in [-0.2, 0) is 11.3 Å². The zero-order chi connectivity index (χ0) is 24.7. The van der Waals surface area contributed by atoms with Crippen molar-refractivity contribution in [2.24, 2.45) is 5.92 Å². The molecule has 1 aliphatic carbocycles. The number of aliphatic hydroxyl groups is 1. The third-order valence-corrected chi connectivity index (χ3v) is 5.68. The number of amides is 2. The molecule has 3 heterocycles. The number of carbonyl (C=O) groups excluding carboxylic acids is 2. The van der Waals surface area contributed by atoms with E-state index in [1.165, 1.54) is 24.6 Å². The average Bonchev–Trinajstić information content (AvgIpc) is 3.33. The van der Waals surface area contributed by atoms with Gasteiger partial charge >= 0.3 is 0 Å². The first-order valence-corrected chi connectivity index (χ1v) is 10.7. The lowest BCUT2D eigenvalue weighted by Gasteiger charge is -2.35. The van der Waals surface area contributed by atoms with E-state index in [9.17, 15) is 23.5 Å². The van der Waals surface area contributed by atoms with Crippen LogP contribution in [0, 0.1) is 12.8 Å². The van der Waals surface area contributed by atoms with Crippen molar-refractivity contribution in [1.29, 1.82) is 0 Å². The number of aryl methyl sites for hydroxylation is 1. The predicted molar refractivity (Wildman–Crippen MR) is 113 cm³/mol. The van der Waals surface area contributed by atoms with Gasteiger partial charge in [0.2, 0.25) is 11.8 Å². The summed E-state index contributed by atoms with van der Waals surface area (Å²) in [5, 5.41) is 27.5. The van der Waals surface area contributed by atoms with Gasteiger partial charge in [-0.05, 0) is 37.9 Å². The molecule has 0 aromatic carbocycles. The summed E-state index contributed by atoms with van der Waals surface area (Å²) in [6.07, 6.45) is 2.47. The third kappa shape index (κ3) is 5.19. The monoisotopic (exact) mass is 477 g/mol. The molecular weight excluding hydrogens is 452 g/mol. The Labute approximate surface area is 192 Å². The number of rotatable bonds is 8. The smallest absolute Gasteiger partial charge is 0.275 e. The summed E-state index contributed by atoms with van der Waals surface area (Å²) in [4.78, 5) is 29.1. The largest absolute Gasteiger partial charge is 0.388 e. The van der Waals surface area contributed by atoms with E-state index >= 15 is 0 Å². The van der Waals surface area contributed by atoms with Crippen LogP contribution in [-0.4, -0.2) is 53.4 Å². The lowest BCUT2D eigenvalue weighted by atomic mass is 9.79. The SMILES string of the molecule is Cc1nonc1C(=O)NCc1cn2ncc(C(NC(=O)CC3CC(F)(F)C3)C(C)(C)O)cc2n1. The van der Waals surface area contributed by atoms with Crippen LogP contribution in [0.2, 0.25) is 0 Å². The molecule has 4 rings (SSSR count). The normalized spacial score (nSPS) is 16.8. The molecule has 11 nitrogen and oxygen atoms in total. The maximum atomic E-state index is 13.1. The number of carbonyl (C=O) groups is 2. The van der Waals surface area contributed by atoms with Gasteiger partial charge in [0.25, 0.3) is 5.91 Å². The summed E-state index contributed by atoms with van der Waals surface area (Å²) in [5.74, 6) is -3.95. The van der Waals surface area contributed by atoms with Crippen LogP contribution in [0.15, 0.2) is 23.1 Å². The summed E-state index contributed by atoms with van der Waals surface area (Å²) in [6.45, 7) is 4.77. The van der Waals surface area contributed by atoms with E-state index in [1.54, 1.807) is 19.2 Å². The highest BCUT2D eigenvalue weighted by atomic mass is 19.3. The lowest BCUT2D eigenvalue weighted by Crippen LogP contribution is -2.44. The van der Waals surface area contributed by atoms with Crippen molar-refractivity contribution in [1.82, 2.24) is 35.5 Å². The number of aromatic nitrogens is 5. The highest BCUT2D eigenvalue weighted by Gasteiger charge is 2.46. The molecule has 1 fully saturated rings. The second-order valence-corrected chi connectivity index (χ2v) is 9.19. The van der Waals surface area contributed by atoms with Crippen LogP contribution in [0.5, 0.6) is 0 Å². The van der Waals surface area contributed by atoms with E-state index < -0.39 is 29.4 Å². The molecule has 182 valence electrons. The zero-order valence-electron chi connectivity index (χ0n) is 18.9. The maximum Gasteiger partial charge on any atom is 0.275 e. The molecule has 13 heteroatoms. The van der Waals surface area contributed by atoms with Gasteiger partial charge in [0.1, 0.15) is 5.69 Å². The highest BCUT2D eigenvalue weighted by molar-refractivity contribution is 5.92. The fraction of sp³-hybridized carbons (Fsp3) is 0.524. The maximum absolute atomic E-state index is 13.1. The lowest BCUT2D eigenvalue weighted by molar-refractivity contribution is -0.135. The number of nitrogens with zero attached hydrogens (tertiary/aromatic N) is 5. The van der Waals surface area contributed by atoms with Crippen molar-refractivity contribution in [3.05, 3.63) is 41.1 Å². The minimum Gasteiger partial charge on any atom is -0.388 e. The first kappa shape index (κ1) is 23.7. The van der Waals surface area contributed by atoms with E-state index in [0.29, 0.717) is 22.6 Å². The Morgan fingerprint density at radius 1 is 1.35 bits per heavy atom. The van der Waals surface area contributed by atoms with Crippen LogP contribution in [0.3, 0.4) is 0 Å². The number of halogens is 2. The molecule has 0 radical (unpaired) electrons. The van der Waals surface area contributed by atoms with Crippen LogP contribution < -0.4 is 10.6 Å². The van der Waals surface area contributed by atoms with Crippen LogP contribution in [0.25, 0.3) is 5.65 Å². The van der Waals surface area contributed by atoms with Gasteiger partial charge in [-0.3, -0.25) is 9.59 Å². The molecule has 3 N–H and O–H groups in total. The molecule has 34 heavy (non-hydrogen) atoms. The minimum atomic E-state index is -2.70. The number of hydrogen-bond acceptors (Lipinski definition) is 8. The van der Waals surface area contributed by atoms with Gasteiger partial charge in [-0.1, -0.05) is 5.16 Å². The van der Waals surface area contributed by atoms with E-state index in [1.807, 2.05) is 0 Å². The second-order valence-electron chi connectivity index (χ2n) is 9.19. The van der Waals surface area contributed by atoms with Gasteiger partial charge in [-0.25, -0.2) is 22.9 Å². The van der Waals surface area contributed by atoms with E-state index in [-0.39, 0.29) is 37.4 Å². The molecule has 1 unspecified atom stereocenters. The van der Waals surface area contributed by atoms with Gasteiger partial charge in [-0.15, -0.1) is 0 Å². The zero-order valence-corrected chi connectivity index (χ0v) is 18.9. The van der Waals surface area contributed by atoms with E-state index in [0.717, 1.165) is 0 Å². The van der Waals surface area contributed by atoms with Crippen molar-refractivity contribution >= 4 is 17.5 Å². The summed E-state index contributed by atoms with van der Waals surface area (Å²) in [5.41, 5.74) is 0.539. The van der Waals surface area contributed by atoms with E-state index in [4.69, 9.17) is 0 Å². The van der Waals surface area contributed by atoms with Gasteiger partial charge in [-0.2, -0.15) is 5.10 Å². The quantitative estimate of drug-likeness (QED) is 0.444. The Balaban J connectivity index is 1.45. The Morgan fingerprint density at radius 3 is 2.71 bits per heavy atom. The molecule has 0 saturated heterocycles. The van der Waals surface area contributed by atoms with Crippen molar-refractivity contribution in [2.45, 2.75) is 64.1 Å². The second kappa shape index (κ2) is 8.70. The first-order chi connectivity index (χ1) is 15.9. The summed E-state index contributed by atoms with van der Waals surface area (Å²) < 4.78 is 32.2. The topological polar surface area (TPSA) is 148 Å². The summed E-state index contributed by atoms with van der Waals surface area (Å²) >= 11 is 0. The summed E-state index contributed by atoms with van der Waals surface area (Å²) in [7, 11) is 0. The van der Waals surface area contributed by atoms with Gasteiger partial charge < -0.3 is 15.7 Å². The molecule has 3 aromatic rings. The van der Waals surface area contributed by atoms with Crippen molar-refractivity contribution in [3.8, 4) is 0 Å². The summed E-state index contributed by atoms with van der Waals surface area (Å²) in [6, 6.07) is 0.824. The highest BCUT2D eigenvalue weighted by Crippen LogP contribution is 2.44.